The standard InChI is InChI=1S/C18H12ClN3S/c19-13-9-7-12(8-10-13)17-14-4-1-2-5-15(14)20-18(22-21-17)16-6-3-11-23-16/h1-11H,(H,20,22). The lowest BCUT2D eigenvalue weighted by Gasteiger charge is -2.07. The van der Waals surface area contributed by atoms with E-state index in [1.54, 1.807) is 11.3 Å². The molecule has 1 aliphatic rings. The van der Waals surface area contributed by atoms with E-state index in [1.165, 1.54) is 0 Å². The van der Waals surface area contributed by atoms with Gasteiger partial charge in [-0.2, -0.15) is 5.10 Å². The summed E-state index contributed by atoms with van der Waals surface area (Å²) in [5.41, 5.74) is 6.85. The predicted molar refractivity (Wildman–Crippen MR) is 97.2 cm³/mol. The Kier molecular flexibility index (Phi) is 3.69. The van der Waals surface area contributed by atoms with Gasteiger partial charge in [0.15, 0.2) is 5.84 Å². The van der Waals surface area contributed by atoms with E-state index >= 15 is 0 Å². The van der Waals surface area contributed by atoms with E-state index < -0.39 is 0 Å². The highest BCUT2D eigenvalue weighted by Crippen LogP contribution is 2.26. The molecular weight excluding hydrogens is 326 g/mol. The molecule has 1 aliphatic heterocycles. The van der Waals surface area contributed by atoms with Gasteiger partial charge in [0.2, 0.25) is 0 Å². The fraction of sp³-hybridized carbons (Fsp3) is 0. The summed E-state index contributed by atoms with van der Waals surface area (Å²) >= 11 is 7.63. The number of rotatable bonds is 2. The van der Waals surface area contributed by atoms with Gasteiger partial charge < -0.3 is 0 Å². The van der Waals surface area contributed by atoms with Crippen LogP contribution in [0.1, 0.15) is 16.0 Å². The third kappa shape index (κ3) is 2.79. The van der Waals surface area contributed by atoms with Crippen molar-refractivity contribution in [3.8, 4) is 0 Å². The van der Waals surface area contributed by atoms with Crippen molar-refractivity contribution in [3.63, 3.8) is 0 Å². The van der Waals surface area contributed by atoms with Gasteiger partial charge in [-0.3, -0.25) is 5.43 Å². The van der Waals surface area contributed by atoms with Gasteiger partial charge in [-0.25, -0.2) is 4.99 Å². The normalized spacial score (nSPS) is 13.4. The van der Waals surface area contributed by atoms with Crippen molar-refractivity contribution in [2.45, 2.75) is 0 Å². The van der Waals surface area contributed by atoms with Crippen molar-refractivity contribution in [1.29, 1.82) is 0 Å². The number of nitrogens with one attached hydrogen (secondary N) is 1. The summed E-state index contributed by atoms with van der Waals surface area (Å²) in [5.74, 6) is 0.761. The summed E-state index contributed by atoms with van der Waals surface area (Å²) in [6.07, 6.45) is 0. The van der Waals surface area contributed by atoms with E-state index in [2.05, 4.69) is 10.5 Å². The topological polar surface area (TPSA) is 36.8 Å². The highest BCUT2D eigenvalue weighted by Gasteiger charge is 2.16. The summed E-state index contributed by atoms with van der Waals surface area (Å²) in [4.78, 5) is 5.81. The molecule has 3 aromatic rings. The molecule has 0 radical (unpaired) electrons. The SMILES string of the molecule is Clc1ccc(C2=NNC(c3cccs3)=Nc3ccccc32)cc1. The van der Waals surface area contributed by atoms with Crippen LogP contribution >= 0.6 is 22.9 Å². The lowest BCUT2D eigenvalue weighted by atomic mass is 10.0. The molecule has 0 spiro atoms. The van der Waals surface area contributed by atoms with Crippen LogP contribution in [0.25, 0.3) is 0 Å². The van der Waals surface area contributed by atoms with Crippen molar-refractivity contribution < 1.29 is 0 Å². The van der Waals surface area contributed by atoms with E-state index in [0.717, 1.165) is 33.2 Å². The van der Waals surface area contributed by atoms with Gasteiger partial charge in [-0.05, 0) is 29.6 Å². The summed E-state index contributed by atoms with van der Waals surface area (Å²) in [7, 11) is 0. The average molecular weight is 338 g/mol. The molecule has 3 nitrogen and oxygen atoms in total. The zero-order chi connectivity index (χ0) is 15.6. The van der Waals surface area contributed by atoms with Crippen molar-refractivity contribution >= 4 is 40.2 Å². The third-order valence-corrected chi connectivity index (χ3v) is 4.67. The molecule has 2 aromatic carbocycles. The molecule has 2 heterocycles. The number of hydrogen-bond acceptors (Lipinski definition) is 4. The van der Waals surface area contributed by atoms with Crippen molar-refractivity contribution in [2.75, 3.05) is 0 Å². The molecule has 0 unspecified atom stereocenters. The van der Waals surface area contributed by atoms with E-state index in [1.807, 2.05) is 66.0 Å². The average Bonchev–Trinajstić information content (AvgIpc) is 3.04. The Balaban J connectivity index is 1.85. The fourth-order valence-electron chi connectivity index (χ4n) is 2.44. The van der Waals surface area contributed by atoms with Crippen LogP contribution in [-0.2, 0) is 0 Å². The molecule has 5 heteroatoms. The number of hydrogen-bond donors (Lipinski definition) is 1. The van der Waals surface area contributed by atoms with Crippen LogP contribution in [-0.4, -0.2) is 11.5 Å². The highest BCUT2D eigenvalue weighted by atomic mass is 35.5. The molecule has 1 aromatic heterocycles. The van der Waals surface area contributed by atoms with Crippen LogP contribution in [0.4, 0.5) is 5.69 Å². The monoisotopic (exact) mass is 337 g/mol. The molecule has 4 rings (SSSR count). The molecule has 0 fully saturated rings. The molecule has 0 amide bonds. The van der Waals surface area contributed by atoms with Crippen molar-refractivity contribution in [2.24, 2.45) is 10.1 Å². The Morgan fingerprint density at radius 3 is 2.52 bits per heavy atom. The Hall–Kier alpha value is -2.43. The van der Waals surface area contributed by atoms with Crippen LogP contribution in [0.2, 0.25) is 5.02 Å². The minimum absolute atomic E-state index is 0.708. The first kappa shape index (κ1) is 14.2. The number of amidine groups is 1. The maximum atomic E-state index is 6.00. The molecule has 0 saturated carbocycles. The molecule has 0 aliphatic carbocycles. The molecule has 0 atom stereocenters. The Morgan fingerprint density at radius 1 is 0.913 bits per heavy atom. The number of hydrazone groups is 1. The number of halogens is 1. The van der Waals surface area contributed by atoms with Crippen LogP contribution < -0.4 is 5.43 Å². The number of aliphatic imine (C=N–C) groups is 1. The molecule has 1 N–H and O–H groups in total. The number of fused-ring (bicyclic) bond motifs is 1. The van der Waals surface area contributed by atoms with Gasteiger partial charge in [0.25, 0.3) is 0 Å². The molecular formula is C18H12ClN3S. The molecule has 23 heavy (non-hydrogen) atoms. The minimum atomic E-state index is 0.708. The lowest BCUT2D eigenvalue weighted by Crippen LogP contribution is -2.18. The predicted octanol–water partition coefficient (Wildman–Crippen LogP) is 4.84. The first-order valence-electron chi connectivity index (χ1n) is 7.13. The largest absolute Gasteiger partial charge is 0.260 e. The Morgan fingerprint density at radius 2 is 1.74 bits per heavy atom. The van der Waals surface area contributed by atoms with Gasteiger partial charge in [0, 0.05) is 16.1 Å². The van der Waals surface area contributed by atoms with Gasteiger partial charge in [0.1, 0.15) is 0 Å². The summed E-state index contributed by atoms with van der Waals surface area (Å²) in [6.45, 7) is 0. The second-order valence-electron chi connectivity index (χ2n) is 5.03. The number of thiophene rings is 1. The Bertz CT molecular complexity index is 896. The van der Waals surface area contributed by atoms with E-state index in [0.29, 0.717) is 5.02 Å². The summed E-state index contributed by atoms with van der Waals surface area (Å²) in [6, 6.07) is 19.7. The van der Waals surface area contributed by atoms with Crippen LogP contribution in [0.15, 0.2) is 76.1 Å². The Labute approximate surface area is 143 Å². The molecule has 0 bridgehead atoms. The van der Waals surface area contributed by atoms with Crippen LogP contribution in [0.3, 0.4) is 0 Å². The first-order chi connectivity index (χ1) is 11.3. The third-order valence-electron chi connectivity index (χ3n) is 3.54. The second kappa shape index (κ2) is 5.99. The van der Waals surface area contributed by atoms with Gasteiger partial charge in [-0.1, -0.05) is 48.0 Å². The first-order valence-corrected chi connectivity index (χ1v) is 8.38. The number of para-hydroxylation sites is 1. The minimum Gasteiger partial charge on any atom is -0.260 e. The maximum absolute atomic E-state index is 6.00. The zero-order valence-electron chi connectivity index (χ0n) is 12.0. The smallest absolute Gasteiger partial charge is 0.164 e. The second-order valence-corrected chi connectivity index (χ2v) is 6.42. The summed E-state index contributed by atoms with van der Waals surface area (Å²) in [5, 5.41) is 7.34. The van der Waals surface area contributed by atoms with Crippen molar-refractivity contribution in [3.05, 3.63) is 87.1 Å². The van der Waals surface area contributed by atoms with E-state index in [9.17, 15) is 0 Å². The van der Waals surface area contributed by atoms with Crippen LogP contribution in [0, 0.1) is 0 Å². The zero-order valence-corrected chi connectivity index (χ0v) is 13.6. The van der Waals surface area contributed by atoms with Gasteiger partial charge >= 0.3 is 0 Å². The molecule has 0 saturated heterocycles. The lowest BCUT2D eigenvalue weighted by molar-refractivity contribution is 1.03. The van der Waals surface area contributed by atoms with E-state index in [4.69, 9.17) is 16.6 Å². The van der Waals surface area contributed by atoms with Crippen molar-refractivity contribution in [1.82, 2.24) is 5.43 Å². The molecule has 112 valence electrons. The quantitative estimate of drug-likeness (QED) is 0.714. The van der Waals surface area contributed by atoms with Gasteiger partial charge in [-0.15, -0.1) is 11.3 Å². The fourth-order valence-corrected chi connectivity index (χ4v) is 3.23. The summed E-state index contributed by atoms with van der Waals surface area (Å²) < 4.78 is 0. The highest BCUT2D eigenvalue weighted by molar-refractivity contribution is 7.12. The maximum Gasteiger partial charge on any atom is 0.164 e. The van der Waals surface area contributed by atoms with E-state index in [-0.39, 0.29) is 0 Å². The number of nitrogens with zero attached hydrogens (tertiary/aromatic N) is 2. The van der Waals surface area contributed by atoms with Gasteiger partial charge in [0.05, 0.1) is 16.3 Å². The number of benzene rings is 2. The van der Waals surface area contributed by atoms with Crippen LogP contribution in [0.5, 0.6) is 0 Å².